The Kier molecular flexibility index (Phi) is 15.2. The van der Waals surface area contributed by atoms with Crippen molar-refractivity contribution in [2.24, 2.45) is 0 Å². The van der Waals surface area contributed by atoms with Crippen LogP contribution in [0.25, 0.3) is 10.8 Å². The van der Waals surface area contributed by atoms with Crippen LogP contribution in [0.1, 0.15) is 0 Å². The normalized spacial score (nSPS) is 6.86. The summed E-state index contributed by atoms with van der Waals surface area (Å²) in [5.74, 6) is 0. The minimum Gasteiger partial charge on any atom is -1.00 e. The van der Waals surface area contributed by atoms with Crippen LogP contribution >= 0.6 is 0 Å². The molecule has 0 saturated carbocycles. The Labute approximate surface area is 112 Å². The van der Waals surface area contributed by atoms with Gasteiger partial charge in [-0.1, -0.05) is 6.07 Å². The topological polar surface area (TPSA) is 0 Å². The summed E-state index contributed by atoms with van der Waals surface area (Å²) < 4.78 is 0. The first-order valence-corrected chi connectivity index (χ1v) is 3.57. The summed E-state index contributed by atoms with van der Waals surface area (Å²) >= 11 is 0. The average Bonchev–Trinajstić information content (AvgIpc) is 2.55. The fourth-order valence-electron chi connectivity index (χ4n) is 1.07. The first kappa shape index (κ1) is 19.4. The summed E-state index contributed by atoms with van der Waals surface area (Å²) in [4.78, 5) is 0. The van der Waals surface area contributed by atoms with Crippen LogP contribution in [-0.2, 0) is 21.7 Å². The Balaban J connectivity index is -0.000000229. The molecule has 0 aliphatic carbocycles. The molecule has 0 aliphatic rings. The zero-order valence-corrected chi connectivity index (χ0v) is 10.8. The van der Waals surface area contributed by atoms with Crippen molar-refractivity contribution in [1.82, 2.24) is 0 Å². The van der Waals surface area contributed by atoms with Gasteiger partial charge in [0.05, 0.1) is 0 Å². The van der Waals surface area contributed by atoms with Crippen molar-refractivity contribution in [3.8, 4) is 0 Å². The molecule has 0 aromatic heterocycles. The van der Waals surface area contributed by atoms with E-state index in [-0.39, 0.29) is 46.5 Å². The number of benzene rings is 1. The first-order valence-electron chi connectivity index (χ1n) is 3.57. The molecule has 0 spiro atoms. The summed E-state index contributed by atoms with van der Waals surface area (Å²) in [6, 6.07) is 14.7. The third-order valence-corrected chi connectivity index (χ3v) is 1.55. The second-order valence-electron chi connectivity index (χ2n) is 2.15. The van der Waals surface area contributed by atoms with Crippen molar-refractivity contribution in [2.45, 2.75) is 0 Å². The van der Waals surface area contributed by atoms with Crippen LogP contribution in [-0.4, -0.2) is 0 Å². The van der Waals surface area contributed by atoms with E-state index >= 15 is 0 Å². The van der Waals surface area contributed by atoms with Gasteiger partial charge in [0.25, 0.3) is 0 Å². The van der Waals surface area contributed by atoms with Gasteiger partial charge in [-0.2, -0.15) is 17.5 Å². The SMILES string of the molecule is C=C.[Cl-].[Cl-].[Ti+3].c1ccc2[cH-]ccc2c1. The number of hydrogen-bond acceptors (Lipinski definition) is 0. The fraction of sp³-hybridized carbons (Fsp3) is 0. The second-order valence-corrected chi connectivity index (χ2v) is 2.15. The average molecular weight is 262 g/mol. The van der Waals surface area contributed by atoms with Crippen LogP contribution < -0.4 is 24.8 Å². The van der Waals surface area contributed by atoms with Gasteiger partial charge < -0.3 is 24.8 Å². The maximum Gasteiger partial charge on any atom is 3.00 e. The fourth-order valence-corrected chi connectivity index (χ4v) is 1.07. The maximum atomic E-state index is 3.00. The number of hydrogen-bond donors (Lipinski definition) is 0. The molecule has 0 nitrogen and oxygen atoms in total. The Morgan fingerprint density at radius 3 is 2.07 bits per heavy atom. The number of fused-ring (bicyclic) bond motifs is 1. The predicted molar refractivity (Wildman–Crippen MR) is 50.8 cm³/mol. The molecule has 0 bridgehead atoms. The summed E-state index contributed by atoms with van der Waals surface area (Å²) in [6.07, 6.45) is 0. The molecule has 14 heavy (non-hydrogen) atoms. The van der Waals surface area contributed by atoms with Gasteiger partial charge in [-0.05, 0) is 0 Å². The molecule has 2 aromatic carbocycles. The summed E-state index contributed by atoms with van der Waals surface area (Å²) in [7, 11) is 0. The van der Waals surface area contributed by atoms with Crippen molar-refractivity contribution in [3.05, 3.63) is 55.6 Å². The number of halogens is 2. The van der Waals surface area contributed by atoms with Crippen molar-refractivity contribution in [1.29, 1.82) is 0 Å². The Hall–Kier alpha value is -0.136. The molecule has 0 atom stereocenters. The first-order chi connectivity index (χ1) is 5.47. The molecule has 1 radical (unpaired) electrons. The third-order valence-electron chi connectivity index (χ3n) is 1.55. The van der Waals surface area contributed by atoms with E-state index in [4.69, 9.17) is 0 Å². The maximum absolute atomic E-state index is 3.00. The van der Waals surface area contributed by atoms with Crippen molar-refractivity contribution in [3.63, 3.8) is 0 Å². The molecule has 0 N–H and O–H groups in total. The van der Waals surface area contributed by atoms with Crippen LogP contribution in [0, 0.1) is 0 Å². The Morgan fingerprint density at radius 1 is 0.929 bits per heavy atom. The molecule has 0 saturated heterocycles. The largest absolute Gasteiger partial charge is 3.00 e. The van der Waals surface area contributed by atoms with Gasteiger partial charge in [-0.15, -0.1) is 42.8 Å². The molecule has 0 heterocycles. The van der Waals surface area contributed by atoms with E-state index in [0.29, 0.717) is 0 Å². The van der Waals surface area contributed by atoms with Gasteiger partial charge in [0.1, 0.15) is 0 Å². The van der Waals surface area contributed by atoms with E-state index in [1.54, 1.807) is 0 Å². The van der Waals surface area contributed by atoms with E-state index in [0.717, 1.165) is 0 Å². The minimum atomic E-state index is 0. The van der Waals surface area contributed by atoms with Crippen LogP contribution in [0.3, 0.4) is 0 Å². The molecule has 0 unspecified atom stereocenters. The van der Waals surface area contributed by atoms with E-state index in [9.17, 15) is 0 Å². The van der Waals surface area contributed by atoms with Crippen LogP contribution in [0.4, 0.5) is 0 Å². The Bertz CT molecular complexity index is 300. The molecule has 3 heteroatoms. The molecule has 0 amide bonds. The van der Waals surface area contributed by atoms with E-state index < -0.39 is 0 Å². The van der Waals surface area contributed by atoms with Crippen molar-refractivity contribution in [2.75, 3.05) is 0 Å². The Morgan fingerprint density at radius 2 is 1.50 bits per heavy atom. The predicted octanol–water partition coefficient (Wildman–Crippen LogP) is -2.63. The van der Waals surface area contributed by atoms with E-state index in [1.807, 2.05) is 0 Å². The summed E-state index contributed by atoms with van der Waals surface area (Å²) in [5.41, 5.74) is 0. The van der Waals surface area contributed by atoms with Gasteiger partial charge >= 0.3 is 21.7 Å². The quantitative estimate of drug-likeness (QED) is 0.277. The monoisotopic (exact) mass is 261 g/mol. The zero-order chi connectivity index (χ0) is 8.10. The molecule has 0 fully saturated rings. The van der Waals surface area contributed by atoms with Crippen LogP contribution in [0.15, 0.2) is 55.6 Å². The second kappa shape index (κ2) is 10.9. The van der Waals surface area contributed by atoms with E-state index in [2.05, 4.69) is 55.6 Å². The summed E-state index contributed by atoms with van der Waals surface area (Å²) in [6.45, 7) is 6.00. The van der Waals surface area contributed by atoms with E-state index in [1.165, 1.54) is 10.8 Å². The van der Waals surface area contributed by atoms with Crippen LogP contribution in [0.5, 0.6) is 0 Å². The van der Waals surface area contributed by atoms with Gasteiger partial charge in [0, 0.05) is 0 Å². The molecular weight excluding hydrogens is 251 g/mol. The van der Waals surface area contributed by atoms with Gasteiger partial charge in [0.15, 0.2) is 0 Å². The standard InChI is InChI=1S/C9H7.C2H4.2ClH.Ti/c1-2-5-9-7-3-6-8(9)4-1;1-2;;;/h1-7H;1-2H2;2*1H;/q-1;;;;+3/p-2. The molecular formula is C11H11Cl2Ti. The van der Waals surface area contributed by atoms with Gasteiger partial charge in [-0.25, -0.2) is 0 Å². The molecule has 73 valence electrons. The molecule has 0 aliphatic heterocycles. The molecule has 2 aromatic rings. The third kappa shape index (κ3) is 4.92. The summed E-state index contributed by atoms with van der Waals surface area (Å²) in [5, 5.41) is 2.66. The minimum absolute atomic E-state index is 0. The van der Waals surface area contributed by atoms with Gasteiger partial charge in [-0.3, -0.25) is 0 Å². The van der Waals surface area contributed by atoms with Crippen molar-refractivity contribution >= 4 is 10.8 Å². The smallest absolute Gasteiger partial charge is 1.00 e. The van der Waals surface area contributed by atoms with Gasteiger partial charge in [0.2, 0.25) is 0 Å². The molecule has 2 rings (SSSR count). The van der Waals surface area contributed by atoms with Crippen LogP contribution in [0.2, 0.25) is 0 Å². The zero-order valence-electron chi connectivity index (χ0n) is 7.71. The van der Waals surface area contributed by atoms with Crippen molar-refractivity contribution < 1.29 is 46.5 Å². The number of rotatable bonds is 0.